The third kappa shape index (κ3) is 5.55. The fourth-order valence-electron chi connectivity index (χ4n) is 2.60. The number of hydrogen-bond acceptors (Lipinski definition) is 3. The van der Waals surface area contributed by atoms with Gasteiger partial charge < -0.3 is 10.2 Å². The van der Waals surface area contributed by atoms with Gasteiger partial charge in [0, 0.05) is 23.8 Å². The van der Waals surface area contributed by atoms with Crippen molar-refractivity contribution in [3.05, 3.63) is 65.7 Å². The van der Waals surface area contributed by atoms with Crippen molar-refractivity contribution >= 4 is 23.3 Å². The number of nitrogens with zero attached hydrogens (tertiary/aromatic N) is 1. The topological polar surface area (TPSA) is 66.5 Å². The van der Waals surface area contributed by atoms with Crippen LogP contribution in [0, 0.1) is 0 Å². The molecule has 0 atom stereocenters. The molecule has 5 heteroatoms. The van der Waals surface area contributed by atoms with Crippen LogP contribution < -0.4 is 5.32 Å². The summed E-state index contributed by atoms with van der Waals surface area (Å²) >= 11 is 0. The molecule has 0 unspecified atom stereocenters. The highest BCUT2D eigenvalue weighted by atomic mass is 16.2. The lowest BCUT2D eigenvalue weighted by Crippen LogP contribution is -2.38. The van der Waals surface area contributed by atoms with Gasteiger partial charge in [-0.3, -0.25) is 14.4 Å². The van der Waals surface area contributed by atoms with Crippen molar-refractivity contribution in [2.45, 2.75) is 39.8 Å². The molecule has 0 aliphatic rings. The third-order valence-electron chi connectivity index (χ3n) is 4.00. The van der Waals surface area contributed by atoms with Crippen LogP contribution in [0.4, 0.5) is 5.69 Å². The van der Waals surface area contributed by atoms with Gasteiger partial charge in [-0.1, -0.05) is 42.5 Å². The summed E-state index contributed by atoms with van der Waals surface area (Å²) < 4.78 is 0. The van der Waals surface area contributed by atoms with Crippen LogP contribution in [0.1, 0.15) is 43.1 Å². The maximum Gasteiger partial charge on any atom is 0.233 e. The molecule has 0 aliphatic carbocycles. The van der Waals surface area contributed by atoms with Crippen LogP contribution in [0.5, 0.6) is 0 Å². The Kier molecular flexibility index (Phi) is 6.67. The van der Waals surface area contributed by atoms with Crippen LogP contribution in [0.25, 0.3) is 0 Å². The van der Waals surface area contributed by atoms with Gasteiger partial charge in [-0.2, -0.15) is 0 Å². The normalized spacial score (nSPS) is 10.5. The molecule has 0 saturated heterocycles. The van der Waals surface area contributed by atoms with Crippen molar-refractivity contribution in [2.24, 2.45) is 0 Å². The molecule has 1 N–H and O–H groups in total. The second kappa shape index (κ2) is 8.94. The van der Waals surface area contributed by atoms with Crippen LogP contribution in [0.2, 0.25) is 0 Å². The van der Waals surface area contributed by atoms with Crippen LogP contribution in [-0.2, 0) is 16.1 Å². The van der Waals surface area contributed by atoms with Gasteiger partial charge >= 0.3 is 0 Å². The minimum atomic E-state index is -0.394. The average molecular weight is 352 g/mol. The maximum absolute atomic E-state index is 12.6. The van der Waals surface area contributed by atoms with Crippen molar-refractivity contribution in [1.82, 2.24) is 4.90 Å². The van der Waals surface area contributed by atoms with E-state index in [0.29, 0.717) is 17.8 Å². The first-order chi connectivity index (χ1) is 12.4. The Labute approximate surface area is 154 Å². The largest absolute Gasteiger partial charge is 0.336 e. The van der Waals surface area contributed by atoms with Gasteiger partial charge in [-0.15, -0.1) is 0 Å². The van der Waals surface area contributed by atoms with Crippen molar-refractivity contribution in [2.75, 3.05) is 5.32 Å². The quantitative estimate of drug-likeness (QED) is 0.611. The fraction of sp³-hybridized carbons (Fsp3) is 0.286. The molecule has 0 heterocycles. The number of Topliss-reactive ketones (excluding diaryl/α,β-unsaturated/α-hetero) is 1. The zero-order valence-corrected chi connectivity index (χ0v) is 15.4. The molecular weight excluding hydrogens is 328 g/mol. The van der Waals surface area contributed by atoms with E-state index < -0.39 is 5.91 Å². The van der Waals surface area contributed by atoms with Crippen LogP contribution in [0.3, 0.4) is 0 Å². The first-order valence-electron chi connectivity index (χ1n) is 8.61. The van der Waals surface area contributed by atoms with Crippen molar-refractivity contribution in [3.63, 3.8) is 0 Å². The van der Waals surface area contributed by atoms with Crippen LogP contribution >= 0.6 is 0 Å². The summed E-state index contributed by atoms with van der Waals surface area (Å²) in [5.74, 6) is -0.704. The molecule has 0 spiro atoms. The van der Waals surface area contributed by atoms with E-state index in [2.05, 4.69) is 5.32 Å². The lowest BCUT2D eigenvalue weighted by Gasteiger charge is -2.26. The Morgan fingerprint density at radius 3 is 2.31 bits per heavy atom. The molecule has 26 heavy (non-hydrogen) atoms. The molecule has 2 aromatic rings. The second-order valence-electron chi connectivity index (χ2n) is 6.46. The summed E-state index contributed by atoms with van der Waals surface area (Å²) in [4.78, 5) is 37.9. The van der Waals surface area contributed by atoms with Gasteiger partial charge in [-0.25, -0.2) is 0 Å². The highest BCUT2D eigenvalue weighted by Gasteiger charge is 2.20. The second-order valence-corrected chi connectivity index (χ2v) is 6.46. The molecule has 0 fully saturated rings. The maximum atomic E-state index is 12.6. The van der Waals surface area contributed by atoms with Crippen molar-refractivity contribution in [3.8, 4) is 0 Å². The van der Waals surface area contributed by atoms with Crippen molar-refractivity contribution < 1.29 is 14.4 Å². The Balaban J connectivity index is 2.00. The van der Waals surface area contributed by atoms with E-state index in [1.54, 1.807) is 29.2 Å². The monoisotopic (exact) mass is 352 g/mol. The van der Waals surface area contributed by atoms with E-state index in [1.165, 1.54) is 6.92 Å². The Morgan fingerprint density at radius 2 is 1.69 bits per heavy atom. The molecule has 0 radical (unpaired) electrons. The standard InChI is InChI=1S/C21H24N2O3/c1-15(2)23(14-17-8-5-4-6-9-17)21(26)13-20(25)22-19-11-7-10-18(12-19)16(3)24/h4-12,15H,13-14H2,1-3H3,(H,22,25). The predicted molar refractivity (Wildman–Crippen MR) is 102 cm³/mol. The highest BCUT2D eigenvalue weighted by molar-refractivity contribution is 6.04. The SMILES string of the molecule is CC(=O)c1cccc(NC(=O)CC(=O)N(Cc2ccccc2)C(C)C)c1. The summed E-state index contributed by atoms with van der Waals surface area (Å²) in [6, 6.07) is 16.3. The molecule has 0 saturated carbocycles. The van der Waals surface area contributed by atoms with Gasteiger partial charge in [0.1, 0.15) is 6.42 Å². The summed E-state index contributed by atoms with van der Waals surface area (Å²) in [5, 5.41) is 2.69. The lowest BCUT2D eigenvalue weighted by molar-refractivity contribution is -0.136. The minimum absolute atomic E-state index is 0.0171. The van der Waals surface area contributed by atoms with Crippen molar-refractivity contribution in [1.29, 1.82) is 0 Å². The summed E-state index contributed by atoms with van der Waals surface area (Å²) in [5.41, 5.74) is 2.04. The molecule has 0 aromatic heterocycles. The van der Waals surface area contributed by atoms with Gasteiger partial charge in [0.05, 0.1) is 0 Å². The number of benzene rings is 2. The van der Waals surface area contributed by atoms with Gasteiger partial charge in [0.15, 0.2) is 5.78 Å². The lowest BCUT2D eigenvalue weighted by atomic mass is 10.1. The molecule has 2 rings (SSSR count). The first kappa shape index (κ1) is 19.4. The Morgan fingerprint density at radius 1 is 1.00 bits per heavy atom. The minimum Gasteiger partial charge on any atom is -0.336 e. The number of nitrogens with one attached hydrogen (secondary N) is 1. The number of anilines is 1. The number of rotatable bonds is 7. The van der Waals surface area contributed by atoms with Gasteiger partial charge in [0.25, 0.3) is 0 Å². The number of ketones is 1. The first-order valence-corrected chi connectivity index (χ1v) is 8.61. The van der Waals surface area contributed by atoms with Crippen LogP contribution in [-0.4, -0.2) is 28.5 Å². The zero-order chi connectivity index (χ0) is 19.1. The number of carbonyl (C=O) groups is 3. The third-order valence-corrected chi connectivity index (χ3v) is 4.00. The van der Waals surface area contributed by atoms with Gasteiger partial charge in [-0.05, 0) is 38.5 Å². The smallest absolute Gasteiger partial charge is 0.233 e. The Hall–Kier alpha value is -2.95. The van der Waals surface area contributed by atoms with E-state index in [1.807, 2.05) is 44.2 Å². The number of amides is 2. The number of hydrogen-bond donors (Lipinski definition) is 1. The van der Waals surface area contributed by atoms with E-state index in [-0.39, 0.29) is 24.2 Å². The summed E-state index contributed by atoms with van der Waals surface area (Å²) in [7, 11) is 0. The molecule has 5 nitrogen and oxygen atoms in total. The summed E-state index contributed by atoms with van der Waals surface area (Å²) in [6.45, 7) is 5.78. The molecule has 2 aromatic carbocycles. The highest BCUT2D eigenvalue weighted by Crippen LogP contribution is 2.13. The molecular formula is C21H24N2O3. The predicted octanol–water partition coefficient (Wildman–Crippen LogP) is 3.66. The molecule has 2 amide bonds. The average Bonchev–Trinajstić information content (AvgIpc) is 2.60. The molecule has 0 aliphatic heterocycles. The molecule has 136 valence electrons. The fourth-order valence-corrected chi connectivity index (χ4v) is 2.60. The van der Waals surface area contributed by atoms with E-state index in [9.17, 15) is 14.4 Å². The van der Waals surface area contributed by atoms with Crippen LogP contribution in [0.15, 0.2) is 54.6 Å². The summed E-state index contributed by atoms with van der Waals surface area (Å²) in [6.07, 6.45) is -0.241. The van der Waals surface area contributed by atoms with E-state index >= 15 is 0 Å². The van der Waals surface area contributed by atoms with E-state index in [0.717, 1.165) is 5.56 Å². The van der Waals surface area contributed by atoms with Gasteiger partial charge in [0.2, 0.25) is 11.8 Å². The van der Waals surface area contributed by atoms with E-state index in [4.69, 9.17) is 0 Å². The Bertz CT molecular complexity index is 785. The zero-order valence-electron chi connectivity index (χ0n) is 15.4. The number of carbonyl (C=O) groups excluding carboxylic acids is 3. The molecule has 0 bridgehead atoms.